The maximum Gasteiger partial charge on any atom is 0.141 e. The van der Waals surface area contributed by atoms with E-state index in [1.54, 1.807) is 6.07 Å². The van der Waals surface area contributed by atoms with Gasteiger partial charge in [0.15, 0.2) is 0 Å². The van der Waals surface area contributed by atoms with E-state index in [0.29, 0.717) is 12.5 Å². The third-order valence-corrected chi connectivity index (χ3v) is 2.36. The minimum absolute atomic E-state index is 0.294. The largest absolute Gasteiger partial charge is 0.506 e. The SMILES string of the molecule is CNc1ccc(N2CCOC2)c(O)c1. The molecule has 1 aliphatic rings. The van der Waals surface area contributed by atoms with E-state index in [0.717, 1.165) is 24.5 Å². The van der Waals surface area contributed by atoms with Crippen molar-refractivity contribution >= 4 is 11.4 Å². The molecule has 1 saturated heterocycles. The zero-order chi connectivity index (χ0) is 9.97. The second-order valence-electron chi connectivity index (χ2n) is 3.25. The molecule has 0 radical (unpaired) electrons. The molecule has 0 bridgehead atoms. The van der Waals surface area contributed by atoms with Crippen molar-refractivity contribution in [1.82, 2.24) is 0 Å². The molecule has 0 aromatic heterocycles. The van der Waals surface area contributed by atoms with E-state index in [1.807, 2.05) is 24.1 Å². The van der Waals surface area contributed by atoms with Crippen molar-refractivity contribution in [2.45, 2.75) is 0 Å². The Hall–Kier alpha value is -1.42. The minimum atomic E-state index is 0.294. The van der Waals surface area contributed by atoms with Crippen LogP contribution in [-0.4, -0.2) is 32.0 Å². The Balaban J connectivity index is 2.25. The third kappa shape index (κ3) is 1.61. The summed E-state index contributed by atoms with van der Waals surface area (Å²) < 4.78 is 5.22. The van der Waals surface area contributed by atoms with Crippen molar-refractivity contribution in [3.8, 4) is 5.75 Å². The monoisotopic (exact) mass is 194 g/mol. The number of phenolic OH excluding ortho intramolecular Hbond substituents is 1. The number of rotatable bonds is 2. The van der Waals surface area contributed by atoms with Gasteiger partial charge < -0.3 is 20.1 Å². The molecule has 1 aliphatic heterocycles. The van der Waals surface area contributed by atoms with Crippen LogP contribution in [0, 0.1) is 0 Å². The van der Waals surface area contributed by atoms with E-state index >= 15 is 0 Å². The maximum absolute atomic E-state index is 9.75. The summed E-state index contributed by atoms with van der Waals surface area (Å²) in [6.07, 6.45) is 0. The zero-order valence-corrected chi connectivity index (χ0v) is 8.16. The van der Waals surface area contributed by atoms with Crippen molar-refractivity contribution in [3.05, 3.63) is 18.2 Å². The molecule has 4 heteroatoms. The van der Waals surface area contributed by atoms with Crippen LogP contribution in [0.4, 0.5) is 11.4 Å². The molecule has 0 saturated carbocycles. The highest BCUT2D eigenvalue weighted by atomic mass is 16.5. The Kier molecular flexibility index (Phi) is 2.45. The van der Waals surface area contributed by atoms with Crippen LogP contribution in [0.1, 0.15) is 0 Å². The predicted octanol–water partition coefficient (Wildman–Crippen LogP) is 1.23. The maximum atomic E-state index is 9.75. The second-order valence-corrected chi connectivity index (χ2v) is 3.25. The zero-order valence-electron chi connectivity index (χ0n) is 8.16. The predicted molar refractivity (Wildman–Crippen MR) is 55.8 cm³/mol. The molecule has 4 nitrogen and oxygen atoms in total. The van der Waals surface area contributed by atoms with Crippen molar-refractivity contribution < 1.29 is 9.84 Å². The van der Waals surface area contributed by atoms with Crippen LogP contribution in [-0.2, 0) is 4.74 Å². The highest BCUT2D eigenvalue weighted by Crippen LogP contribution is 2.30. The van der Waals surface area contributed by atoms with Crippen LogP contribution >= 0.6 is 0 Å². The Morgan fingerprint density at radius 2 is 2.36 bits per heavy atom. The highest BCUT2D eigenvalue weighted by molar-refractivity contribution is 5.64. The number of hydrogen-bond donors (Lipinski definition) is 2. The molecule has 2 N–H and O–H groups in total. The van der Waals surface area contributed by atoms with Gasteiger partial charge in [-0.15, -0.1) is 0 Å². The Bertz CT molecular complexity index is 322. The summed E-state index contributed by atoms with van der Waals surface area (Å²) in [5.41, 5.74) is 1.74. The number of benzene rings is 1. The second kappa shape index (κ2) is 3.75. The van der Waals surface area contributed by atoms with Crippen LogP contribution in [0.15, 0.2) is 18.2 Å². The summed E-state index contributed by atoms with van der Waals surface area (Å²) >= 11 is 0. The molecule has 0 amide bonds. The fraction of sp³-hybridized carbons (Fsp3) is 0.400. The molecule has 0 unspecified atom stereocenters. The summed E-state index contributed by atoms with van der Waals surface area (Å²) in [5.74, 6) is 0.294. The van der Waals surface area contributed by atoms with Crippen molar-refractivity contribution in [2.24, 2.45) is 0 Å². The lowest BCUT2D eigenvalue weighted by molar-refractivity contribution is 0.201. The van der Waals surface area contributed by atoms with Gasteiger partial charge in [-0.2, -0.15) is 0 Å². The number of nitrogens with one attached hydrogen (secondary N) is 1. The van der Waals surface area contributed by atoms with E-state index < -0.39 is 0 Å². The molecular formula is C10H14N2O2. The minimum Gasteiger partial charge on any atom is -0.506 e. The fourth-order valence-corrected chi connectivity index (χ4v) is 1.55. The van der Waals surface area contributed by atoms with E-state index in [-0.39, 0.29) is 0 Å². The summed E-state index contributed by atoms with van der Waals surface area (Å²) in [4.78, 5) is 2.01. The lowest BCUT2D eigenvalue weighted by Gasteiger charge is -2.17. The molecular weight excluding hydrogens is 180 g/mol. The highest BCUT2D eigenvalue weighted by Gasteiger charge is 2.15. The Morgan fingerprint density at radius 3 is 2.93 bits per heavy atom. The van der Waals surface area contributed by atoms with Gasteiger partial charge in [0.1, 0.15) is 12.5 Å². The van der Waals surface area contributed by atoms with Gasteiger partial charge in [0.25, 0.3) is 0 Å². The van der Waals surface area contributed by atoms with Crippen molar-refractivity contribution in [3.63, 3.8) is 0 Å². The first-order valence-electron chi connectivity index (χ1n) is 4.65. The Labute approximate surface area is 83.1 Å². The van der Waals surface area contributed by atoms with Gasteiger partial charge in [0, 0.05) is 25.3 Å². The smallest absolute Gasteiger partial charge is 0.141 e. The number of phenols is 1. The average Bonchev–Trinajstić information content (AvgIpc) is 2.70. The normalized spacial score (nSPS) is 15.9. The van der Waals surface area contributed by atoms with Gasteiger partial charge in [-0.05, 0) is 12.1 Å². The first kappa shape index (κ1) is 9.15. The summed E-state index contributed by atoms with van der Waals surface area (Å²) in [5, 5.41) is 12.7. The molecule has 0 aliphatic carbocycles. The molecule has 2 rings (SSSR count). The van der Waals surface area contributed by atoms with Gasteiger partial charge in [-0.25, -0.2) is 0 Å². The van der Waals surface area contributed by atoms with Crippen LogP contribution in [0.3, 0.4) is 0 Å². The first-order chi connectivity index (χ1) is 6.81. The number of ether oxygens (including phenoxy) is 1. The fourth-order valence-electron chi connectivity index (χ4n) is 1.55. The molecule has 0 spiro atoms. The number of hydrogen-bond acceptors (Lipinski definition) is 4. The summed E-state index contributed by atoms with van der Waals surface area (Å²) in [7, 11) is 1.83. The lowest BCUT2D eigenvalue weighted by Crippen LogP contribution is -2.18. The lowest BCUT2D eigenvalue weighted by atomic mass is 10.2. The Morgan fingerprint density at radius 1 is 1.50 bits per heavy atom. The van der Waals surface area contributed by atoms with Gasteiger partial charge in [0.05, 0.1) is 12.3 Å². The van der Waals surface area contributed by atoms with Gasteiger partial charge >= 0.3 is 0 Å². The number of nitrogens with zero attached hydrogens (tertiary/aromatic N) is 1. The van der Waals surface area contributed by atoms with Crippen LogP contribution in [0.2, 0.25) is 0 Å². The third-order valence-electron chi connectivity index (χ3n) is 2.36. The van der Waals surface area contributed by atoms with Gasteiger partial charge in [-0.3, -0.25) is 0 Å². The molecule has 1 heterocycles. The van der Waals surface area contributed by atoms with E-state index in [2.05, 4.69) is 5.32 Å². The molecule has 1 fully saturated rings. The first-order valence-corrected chi connectivity index (χ1v) is 4.65. The van der Waals surface area contributed by atoms with Gasteiger partial charge in [-0.1, -0.05) is 0 Å². The molecule has 1 aromatic carbocycles. The van der Waals surface area contributed by atoms with Crippen molar-refractivity contribution in [1.29, 1.82) is 0 Å². The van der Waals surface area contributed by atoms with E-state index in [4.69, 9.17) is 4.74 Å². The molecule has 76 valence electrons. The molecule has 0 atom stereocenters. The van der Waals surface area contributed by atoms with Gasteiger partial charge in [0.2, 0.25) is 0 Å². The molecule has 1 aromatic rings. The average molecular weight is 194 g/mol. The summed E-state index contributed by atoms with van der Waals surface area (Å²) in [6.45, 7) is 2.13. The topological polar surface area (TPSA) is 44.7 Å². The van der Waals surface area contributed by atoms with Crippen LogP contribution < -0.4 is 10.2 Å². The van der Waals surface area contributed by atoms with E-state index in [1.165, 1.54) is 0 Å². The number of aromatic hydroxyl groups is 1. The quantitative estimate of drug-likeness (QED) is 0.743. The number of anilines is 2. The van der Waals surface area contributed by atoms with Crippen LogP contribution in [0.25, 0.3) is 0 Å². The standard InChI is InChI=1S/C10H14N2O2/c1-11-8-2-3-9(10(13)6-8)12-4-5-14-7-12/h2-3,6,11,13H,4-5,7H2,1H3. The van der Waals surface area contributed by atoms with E-state index in [9.17, 15) is 5.11 Å². The van der Waals surface area contributed by atoms with Crippen LogP contribution in [0.5, 0.6) is 5.75 Å². The molecule has 14 heavy (non-hydrogen) atoms. The summed E-state index contributed by atoms with van der Waals surface area (Å²) in [6, 6.07) is 5.55. The van der Waals surface area contributed by atoms with Crippen molar-refractivity contribution in [2.75, 3.05) is 37.1 Å².